The molecule has 0 bridgehead atoms. The van der Waals surface area contributed by atoms with Gasteiger partial charge in [0.05, 0.1) is 6.67 Å². The van der Waals surface area contributed by atoms with E-state index in [1.807, 2.05) is 18.5 Å². The van der Waals surface area contributed by atoms with Gasteiger partial charge < -0.3 is 5.32 Å². The van der Waals surface area contributed by atoms with Crippen LogP contribution < -0.4 is 10.6 Å². The summed E-state index contributed by atoms with van der Waals surface area (Å²) >= 11 is 0. The number of rotatable bonds is 0. The minimum absolute atomic E-state index is 0.500. The summed E-state index contributed by atoms with van der Waals surface area (Å²) in [6, 6.07) is 2.01. The largest absolute Gasteiger partial charge is 0.343 e. The Bertz CT molecular complexity index is 385. The summed E-state index contributed by atoms with van der Waals surface area (Å²) in [6.45, 7) is 1.75. The highest BCUT2D eigenvalue weighted by molar-refractivity contribution is 6.00. The maximum absolute atomic E-state index is 4.42. The lowest BCUT2D eigenvalue weighted by Gasteiger charge is -2.30. The average Bonchev–Trinajstić information content (AvgIpc) is 2.26. The molecule has 0 spiro atoms. The van der Waals surface area contributed by atoms with Crippen molar-refractivity contribution >= 4 is 11.5 Å². The van der Waals surface area contributed by atoms with E-state index in [9.17, 15) is 0 Å². The summed E-state index contributed by atoms with van der Waals surface area (Å²) in [4.78, 5) is 8.56. The Kier molecular flexibility index (Phi) is 1.73. The molecule has 72 valence electrons. The number of anilines is 1. The number of aliphatic imine (C=N–C) groups is 1. The minimum Gasteiger partial charge on any atom is -0.343 e. The second kappa shape index (κ2) is 3.06. The summed E-state index contributed by atoms with van der Waals surface area (Å²) in [7, 11) is 0. The van der Waals surface area contributed by atoms with Crippen molar-refractivity contribution in [2.75, 3.05) is 18.5 Å². The Morgan fingerprint density at radius 3 is 3.43 bits per heavy atom. The fourth-order valence-electron chi connectivity index (χ4n) is 2.03. The van der Waals surface area contributed by atoms with Gasteiger partial charge in [-0.05, 0) is 18.1 Å². The first-order chi connectivity index (χ1) is 6.93. The predicted octanol–water partition coefficient (Wildman–Crippen LogP) is 0.625. The number of hydrogen-bond acceptors (Lipinski definition) is 4. The topological polar surface area (TPSA) is 49.3 Å². The molecule has 0 saturated heterocycles. The molecule has 0 saturated carbocycles. The average molecular weight is 188 g/mol. The van der Waals surface area contributed by atoms with Crippen molar-refractivity contribution in [3.8, 4) is 0 Å². The van der Waals surface area contributed by atoms with Gasteiger partial charge in [-0.1, -0.05) is 0 Å². The fourth-order valence-corrected chi connectivity index (χ4v) is 2.03. The molecule has 0 radical (unpaired) electrons. The second-order valence-corrected chi connectivity index (χ2v) is 3.71. The monoisotopic (exact) mass is 188 g/mol. The number of nitrogens with one attached hydrogen (secondary N) is 2. The molecule has 1 aromatic rings. The fraction of sp³-hybridized carbons (Fsp3) is 0.400. The zero-order valence-electron chi connectivity index (χ0n) is 7.83. The van der Waals surface area contributed by atoms with E-state index in [0.29, 0.717) is 5.92 Å². The molecular formula is C10H12N4. The first-order valence-corrected chi connectivity index (χ1v) is 4.88. The molecular weight excluding hydrogens is 176 g/mol. The SMILES string of the molecule is c1cc2c(cn1)CC1CNCN=C1N2. The first-order valence-electron chi connectivity index (χ1n) is 4.88. The van der Waals surface area contributed by atoms with Gasteiger partial charge in [0.2, 0.25) is 0 Å². The zero-order chi connectivity index (χ0) is 9.38. The Balaban J connectivity index is 2.00. The van der Waals surface area contributed by atoms with Crippen LogP contribution in [0.3, 0.4) is 0 Å². The first kappa shape index (κ1) is 7.94. The highest BCUT2D eigenvalue weighted by Crippen LogP contribution is 2.25. The van der Waals surface area contributed by atoms with E-state index in [1.165, 1.54) is 5.56 Å². The maximum Gasteiger partial charge on any atom is 0.107 e. The smallest absolute Gasteiger partial charge is 0.107 e. The zero-order valence-corrected chi connectivity index (χ0v) is 7.83. The van der Waals surface area contributed by atoms with Crippen molar-refractivity contribution in [3.63, 3.8) is 0 Å². The van der Waals surface area contributed by atoms with Crippen molar-refractivity contribution in [1.82, 2.24) is 10.3 Å². The number of amidine groups is 1. The lowest BCUT2D eigenvalue weighted by atomic mass is 9.93. The van der Waals surface area contributed by atoms with Crippen molar-refractivity contribution < 1.29 is 0 Å². The third-order valence-corrected chi connectivity index (χ3v) is 2.77. The van der Waals surface area contributed by atoms with E-state index in [2.05, 4.69) is 20.6 Å². The Labute approximate surface area is 82.5 Å². The molecule has 3 rings (SSSR count). The van der Waals surface area contributed by atoms with Crippen LogP contribution in [0.5, 0.6) is 0 Å². The molecule has 0 aromatic carbocycles. The van der Waals surface area contributed by atoms with E-state index < -0.39 is 0 Å². The van der Waals surface area contributed by atoms with Gasteiger partial charge in [-0.2, -0.15) is 0 Å². The van der Waals surface area contributed by atoms with E-state index in [1.54, 1.807) is 0 Å². The van der Waals surface area contributed by atoms with Crippen LogP contribution >= 0.6 is 0 Å². The quantitative estimate of drug-likeness (QED) is 0.627. The summed E-state index contributed by atoms with van der Waals surface area (Å²) in [5, 5.41) is 6.64. The summed E-state index contributed by atoms with van der Waals surface area (Å²) in [6.07, 6.45) is 4.80. The van der Waals surface area contributed by atoms with Crippen LogP contribution in [0.1, 0.15) is 5.56 Å². The van der Waals surface area contributed by atoms with Crippen LogP contribution in [0.25, 0.3) is 0 Å². The van der Waals surface area contributed by atoms with E-state index in [4.69, 9.17) is 0 Å². The molecule has 14 heavy (non-hydrogen) atoms. The van der Waals surface area contributed by atoms with Gasteiger partial charge in [0.1, 0.15) is 5.84 Å². The maximum atomic E-state index is 4.42. The normalized spacial score (nSPS) is 24.3. The van der Waals surface area contributed by atoms with Gasteiger partial charge in [-0.15, -0.1) is 0 Å². The van der Waals surface area contributed by atoms with Crippen LogP contribution in [0, 0.1) is 5.92 Å². The molecule has 1 aromatic heterocycles. The summed E-state index contributed by atoms with van der Waals surface area (Å²) < 4.78 is 0. The van der Waals surface area contributed by atoms with Crippen molar-refractivity contribution in [1.29, 1.82) is 0 Å². The third-order valence-electron chi connectivity index (χ3n) is 2.77. The highest BCUT2D eigenvalue weighted by atomic mass is 15.1. The molecule has 4 nitrogen and oxygen atoms in total. The molecule has 2 aliphatic heterocycles. The van der Waals surface area contributed by atoms with Crippen molar-refractivity contribution in [2.24, 2.45) is 10.9 Å². The van der Waals surface area contributed by atoms with Crippen LogP contribution in [0.4, 0.5) is 5.69 Å². The van der Waals surface area contributed by atoms with Crippen LogP contribution in [-0.2, 0) is 6.42 Å². The Hall–Kier alpha value is -1.42. The van der Waals surface area contributed by atoms with Gasteiger partial charge >= 0.3 is 0 Å². The number of pyridine rings is 1. The van der Waals surface area contributed by atoms with Crippen molar-refractivity contribution in [3.05, 3.63) is 24.0 Å². The third kappa shape index (κ3) is 1.19. The predicted molar refractivity (Wildman–Crippen MR) is 55.4 cm³/mol. The standard InChI is InChI=1S/C10H12N4/c1-2-11-4-7-3-8-5-12-6-13-10(8)14-9(1)7/h1-2,4,8,12H,3,5-6H2,(H,13,14). The second-order valence-electron chi connectivity index (χ2n) is 3.71. The van der Waals surface area contributed by atoms with E-state index >= 15 is 0 Å². The lowest BCUT2D eigenvalue weighted by molar-refractivity contribution is 0.551. The molecule has 4 heteroatoms. The summed E-state index contributed by atoms with van der Waals surface area (Å²) in [5.74, 6) is 1.63. The molecule has 0 amide bonds. The van der Waals surface area contributed by atoms with Gasteiger partial charge in [0.15, 0.2) is 0 Å². The number of fused-ring (bicyclic) bond motifs is 2. The van der Waals surface area contributed by atoms with E-state index in [-0.39, 0.29) is 0 Å². The molecule has 0 aliphatic carbocycles. The van der Waals surface area contributed by atoms with E-state index in [0.717, 1.165) is 31.2 Å². The molecule has 1 atom stereocenters. The summed E-state index contributed by atoms with van der Waals surface area (Å²) in [5.41, 5.74) is 2.46. The minimum atomic E-state index is 0.500. The molecule has 3 heterocycles. The molecule has 2 aliphatic rings. The number of hydrogen-bond donors (Lipinski definition) is 2. The number of nitrogens with zero attached hydrogens (tertiary/aromatic N) is 2. The van der Waals surface area contributed by atoms with Gasteiger partial charge in [0, 0.05) is 30.5 Å². The molecule has 2 N–H and O–H groups in total. The van der Waals surface area contributed by atoms with Crippen molar-refractivity contribution in [2.45, 2.75) is 6.42 Å². The highest BCUT2D eigenvalue weighted by Gasteiger charge is 2.25. The number of aromatic nitrogens is 1. The van der Waals surface area contributed by atoms with Crippen LogP contribution in [-0.4, -0.2) is 24.0 Å². The molecule has 1 unspecified atom stereocenters. The van der Waals surface area contributed by atoms with Gasteiger partial charge in [-0.3, -0.25) is 15.3 Å². The van der Waals surface area contributed by atoms with Crippen LogP contribution in [0.2, 0.25) is 0 Å². The Morgan fingerprint density at radius 1 is 1.43 bits per heavy atom. The van der Waals surface area contributed by atoms with Gasteiger partial charge in [-0.25, -0.2) is 0 Å². The lowest BCUT2D eigenvalue weighted by Crippen LogP contribution is -2.41. The van der Waals surface area contributed by atoms with Crippen LogP contribution in [0.15, 0.2) is 23.5 Å². The van der Waals surface area contributed by atoms with Gasteiger partial charge in [0.25, 0.3) is 0 Å². The molecule has 0 fully saturated rings. The Morgan fingerprint density at radius 2 is 2.43 bits per heavy atom.